The zero-order valence-corrected chi connectivity index (χ0v) is 23.9. The van der Waals surface area contributed by atoms with Crippen molar-refractivity contribution in [3.8, 4) is 5.75 Å². The molecule has 2 aliphatic heterocycles. The van der Waals surface area contributed by atoms with Gasteiger partial charge in [-0.2, -0.15) is 4.98 Å². The van der Waals surface area contributed by atoms with Gasteiger partial charge in [-0.05, 0) is 36.6 Å². The molecule has 0 saturated carbocycles. The number of piperidine rings is 1. The number of aromatic nitrogens is 2. The lowest BCUT2D eigenvalue weighted by Crippen LogP contribution is -2.49. The molecular formula is C27H34ClN7O4S. The van der Waals surface area contributed by atoms with Crippen molar-refractivity contribution in [3.63, 3.8) is 0 Å². The first kappa shape index (κ1) is 28.5. The van der Waals surface area contributed by atoms with Gasteiger partial charge in [-0.1, -0.05) is 29.8 Å². The number of hydrogen-bond donors (Lipinski definition) is 4. The smallest absolute Gasteiger partial charge is 0.232 e. The molecule has 4 N–H and O–H groups in total. The molecular weight excluding hydrogens is 554 g/mol. The fourth-order valence-electron chi connectivity index (χ4n) is 5.11. The molecule has 2 aliphatic rings. The van der Waals surface area contributed by atoms with Gasteiger partial charge in [-0.25, -0.2) is 13.9 Å². The minimum absolute atomic E-state index is 0.189. The van der Waals surface area contributed by atoms with Crippen LogP contribution in [0.15, 0.2) is 48.7 Å². The molecule has 3 aromatic rings. The number of benzene rings is 2. The Hall–Kier alpha value is -3.00. The van der Waals surface area contributed by atoms with Gasteiger partial charge in [0.15, 0.2) is 5.82 Å². The summed E-state index contributed by atoms with van der Waals surface area (Å²) in [5, 5.41) is 6.78. The van der Waals surface area contributed by atoms with Crippen LogP contribution in [0.25, 0.3) is 0 Å². The Morgan fingerprint density at radius 1 is 1.10 bits per heavy atom. The highest BCUT2D eigenvalue weighted by Crippen LogP contribution is 2.34. The molecule has 0 amide bonds. The summed E-state index contributed by atoms with van der Waals surface area (Å²) in [5.41, 5.74) is 3.33. The van der Waals surface area contributed by atoms with Crippen LogP contribution < -0.4 is 25.0 Å². The fraction of sp³-hybridized carbons (Fsp3) is 0.407. The average molecular weight is 588 g/mol. The van der Waals surface area contributed by atoms with Crippen molar-refractivity contribution >= 4 is 51.7 Å². The second-order valence-electron chi connectivity index (χ2n) is 9.62. The number of rotatable bonds is 10. The zero-order chi connectivity index (χ0) is 27.9. The van der Waals surface area contributed by atoms with Crippen LogP contribution in [0, 0.1) is 0 Å². The molecule has 0 aliphatic carbocycles. The quantitative estimate of drug-likeness (QED) is 0.257. The predicted octanol–water partition coefficient (Wildman–Crippen LogP) is 4.15. The summed E-state index contributed by atoms with van der Waals surface area (Å²) in [6.07, 6.45) is 3.78. The minimum atomic E-state index is -2.12. The van der Waals surface area contributed by atoms with Crippen molar-refractivity contribution in [2.45, 2.75) is 25.4 Å². The third kappa shape index (κ3) is 7.19. The van der Waals surface area contributed by atoms with Gasteiger partial charge in [0.2, 0.25) is 17.2 Å². The highest BCUT2D eigenvalue weighted by Gasteiger charge is 2.26. The van der Waals surface area contributed by atoms with Crippen molar-refractivity contribution in [3.05, 3.63) is 59.2 Å². The van der Waals surface area contributed by atoms with Crippen LogP contribution in [0.3, 0.4) is 0 Å². The highest BCUT2D eigenvalue weighted by molar-refractivity contribution is 7.77. The van der Waals surface area contributed by atoms with Gasteiger partial charge in [-0.3, -0.25) is 9.45 Å². The van der Waals surface area contributed by atoms with Crippen LogP contribution in [-0.4, -0.2) is 76.2 Å². The largest absolute Gasteiger partial charge is 0.494 e. The van der Waals surface area contributed by atoms with Crippen molar-refractivity contribution in [2.75, 3.05) is 62.0 Å². The van der Waals surface area contributed by atoms with Crippen LogP contribution in [0.5, 0.6) is 5.75 Å². The molecule has 0 spiro atoms. The summed E-state index contributed by atoms with van der Waals surface area (Å²) in [6, 6.07) is 14.1. The van der Waals surface area contributed by atoms with E-state index in [0.717, 1.165) is 69.2 Å². The summed E-state index contributed by atoms with van der Waals surface area (Å²) in [4.78, 5) is 13.9. The number of anilines is 5. The SMILES string of the molecule is COc1cc(N2CCC(N3CCOCC3)CC2)ccc1Nc1ncc(Cl)c(Nc2ccccc2CNS(=O)O)n1. The van der Waals surface area contributed by atoms with E-state index < -0.39 is 11.3 Å². The molecule has 0 bridgehead atoms. The standard InChI is InChI=1S/C27H34ClN7O4S/c1-38-25-16-21(34-10-8-20(9-11-34)35-12-14-39-15-13-35)6-7-24(25)32-27-29-18-22(28)26(33-27)31-23-5-3-2-4-19(23)17-30-40(36)37/h2-7,16,18,20,30H,8-15,17H2,1H3,(H,36,37)(H2,29,31,32,33). The van der Waals surface area contributed by atoms with Gasteiger partial charge in [0.1, 0.15) is 10.8 Å². The first-order chi connectivity index (χ1) is 19.5. The third-order valence-electron chi connectivity index (χ3n) is 7.22. The highest BCUT2D eigenvalue weighted by atomic mass is 35.5. The van der Waals surface area contributed by atoms with Crippen molar-refractivity contribution in [2.24, 2.45) is 0 Å². The van der Waals surface area contributed by atoms with Crippen LogP contribution >= 0.6 is 11.6 Å². The van der Waals surface area contributed by atoms with Crippen LogP contribution in [0.4, 0.5) is 28.8 Å². The van der Waals surface area contributed by atoms with Gasteiger partial charge >= 0.3 is 0 Å². The van der Waals surface area contributed by atoms with Crippen LogP contribution in [0.1, 0.15) is 18.4 Å². The van der Waals surface area contributed by atoms with Gasteiger partial charge in [0.05, 0.1) is 32.2 Å². The molecule has 40 heavy (non-hydrogen) atoms. The maximum absolute atomic E-state index is 11.1. The van der Waals surface area contributed by atoms with E-state index in [0.29, 0.717) is 34.3 Å². The average Bonchev–Trinajstić information content (AvgIpc) is 2.99. The van der Waals surface area contributed by atoms with Gasteiger partial charge in [0.25, 0.3) is 0 Å². The molecule has 1 unspecified atom stereocenters. The lowest BCUT2D eigenvalue weighted by Gasteiger charge is -2.40. The first-order valence-corrected chi connectivity index (χ1v) is 14.7. The first-order valence-electron chi connectivity index (χ1n) is 13.2. The van der Waals surface area contributed by atoms with E-state index in [1.807, 2.05) is 36.4 Å². The number of hydrogen-bond acceptors (Lipinski definition) is 9. The fourth-order valence-corrected chi connectivity index (χ4v) is 5.53. The van der Waals surface area contributed by atoms with Gasteiger partial charge in [-0.15, -0.1) is 0 Å². The summed E-state index contributed by atoms with van der Waals surface area (Å²) in [5.74, 6) is 1.43. The number of methoxy groups -OCH3 is 1. The Labute approximate surface area is 241 Å². The summed E-state index contributed by atoms with van der Waals surface area (Å²) >= 11 is 4.27. The van der Waals surface area contributed by atoms with Crippen molar-refractivity contribution < 1.29 is 18.2 Å². The van der Waals surface area contributed by atoms with E-state index in [2.05, 4.69) is 41.2 Å². The molecule has 0 radical (unpaired) electrons. The summed E-state index contributed by atoms with van der Waals surface area (Å²) < 4.78 is 33.9. The number of halogens is 1. The lowest BCUT2D eigenvalue weighted by atomic mass is 10.0. The van der Waals surface area contributed by atoms with E-state index in [1.165, 1.54) is 6.20 Å². The Balaban J connectivity index is 1.26. The maximum Gasteiger partial charge on any atom is 0.232 e. The number of nitrogens with one attached hydrogen (secondary N) is 3. The van der Waals surface area contributed by atoms with Crippen LogP contribution in [0.2, 0.25) is 5.02 Å². The molecule has 1 atom stereocenters. The number of nitrogens with zero attached hydrogens (tertiary/aromatic N) is 4. The molecule has 2 fully saturated rings. The van der Waals surface area contributed by atoms with E-state index >= 15 is 0 Å². The molecule has 2 saturated heterocycles. The number of ether oxygens (including phenoxy) is 2. The number of morpholine rings is 1. The molecule has 214 valence electrons. The zero-order valence-electron chi connectivity index (χ0n) is 22.3. The molecule has 5 rings (SSSR count). The Bertz CT molecular complexity index is 1320. The Kier molecular flexibility index (Phi) is 9.68. The second-order valence-corrected chi connectivity index (χ2v) is 10.8. The molecule has 3 heterocycles. The molecule has 2 aromatic carbocycles. The second kappa shape index (κ2) is 13.6. The predicted molar refractivity (Wildman–Crippen MR) is 158 cm³/mol. The number of para-hydroxylation sites is 1. The summed E-state index contributed by atoms with van der Waals surface area (Å²) in [6.45, 7) is 5.90. The Morgan fingerprint density at radius 3 is 2.62 bits per heavy atom. The normalized spacial score (nSPS) is 17.4. The van der Waals surface area contributed by atoms with Crippen molar-refractivity contribution in [1.82, 2.24) is 19.6 Å². The monoisotopic (exact) mass is 587 g/mol. The molecule has 11 nitrogen and oxygen atoms in total. The van der Waals surface area contributed by atoms with E-state index in [4.69, 9.17) is 25.6 Å². The van der Waals surface area contributed by atoms with Crippen molar-refractivity contribution in [1.29, 1.82) is 0 Å². The Morgan fingerprint density at radius 2 is 1.88 bits per heavy atom. The van der Waals surface area contributed by atoms with E-state index in [-0.39, 0.29) is 6.54 Å². The summed E-state index contributed by atoms with van der Waals surface area (Å²) in [7, 11) is 1.65. The van der Waals surface area contributed by atoms with Gasteiger partial charge in [0, 0.05) is 56.2 Å². The van der Waals surface area contributed by atoms with E-state index in [1.54, 1.807) is 7.11 Å². The van der Waals surface area contributed by atoms with E-state index in [9.17, 15) is 4.21 Å². The molecule has 1 aromatic heterocycles. The third-order valence-corrected chi connectivity index (χ3v) is 7.89. The maximum atomic E-state index is 11.1. The minimum Gasteiger partial charge on any atom is -0.494 e. The van der Waals surface area contributed by atoms with Crippen LogP contribution in [-0.2, 0) is 22.5 Å². The topological polar surface area (TPSA) is 124 Å². The lowest BCUT2D eigenvalue weighted by molar-refractivity contribution is 0.0115. The van der Waals surface area contributed by atoms with Gasteiger partial charge < -0.3 is 25.0 Å². The molecule has 13 heteroatoms.